The van der Waals surface area contributed by atoms with Gasteiger partial charge in [0.15, 0.2) is 0 Å². The summed E-state index contributed by atoms with van der Waals surface area (Å²) in [6, 6.07) is 17.1. The first kappa shape index (κ1) is 20.2. The van der Waals surface area contributed by atoms with E-state index in [1.807, 2.05) is 6.07 Å². The van der Waals surface area contributed by atoms with Crippen LogP contribution < -0.4 is 0 Å². The zero-order chi connectivity index (χ0) is 20.5. The van der Waals surface area contributed by atoms with E-state index < -0.39 is 18.3 Å². The molecule has 152 valence electrons. The van der Waals surface area contributed by atoms with Gasteiger partial charge in [0.1, 0.15) is 11.9 Å². The van der Waals surface area contributed by atoms with Crippen molar-refractivity contribution in [3.8, 4) is 10.4 Å². The van der Waals surface area contributed by atoms with Crippen LogP contribution in [0.2, 0.25) is 0 Å². The first-order valence-electron chi connectivity index (χ1n) is 9.86. The van der Waals surface area contributed by atoms with Crippen molar-refractivity contribution in [2.45, 2.75) is 51.1 Å². The molecule has 2 heterocycles. The lowest BCUT2D eigenvalue weighted by atomic mass is 9.92. The predicted molar refractivity (Wildman–Crippen MR) is 114 cm³/mol. The quantitative estimate of drug-likeness (QED) is 0.632. The zero-order valence-electron chi connectivity index (χ0n) is 16.5. The van der Waals surface area contributed by atoms with E-state index in [4.69, 9.17) is 4.74 Å². The van der Waals surface area contributed by atoms with E-state index in [2.05, 4.69) is 31.2 Å². The van der Waals surface area contributed by atoms with Gasteiger partial charge in [-0.1, -0.05) is 30.3 Å². The van der Waals surface area contributed by atoms with Gasteiger partial charge < -0.3 is 14.9 Å². The van der Waals surface area contributed by atoms with Gasteiger partial charge in [0.25, 0.3) is 0 Å². The predicted octanol–water partition coefficient (Wildman–Crippen LogP) is 5.03. The molecule has 4 unspecified atom stereocenters. The van der Waals surface area contributed by atoms with E-state index >= 15 is 0 Å². The fourth-order valence-electron chi connectivity index (χ4n) is 3.79. The highest BCUT2D eigenvalue weighted by molar-refractivity contribution is 7.15. The molecule has 1 aliphatic rings. The van der Waals surface area contributed by atoms with Gasteiger partial charge in [-0.25, -0.2) is 4.39 Å². The van der Waals surface area contributed by atoms with Crippen molar-refractivity contribution in [3.05, 3.63) is 82.0 Å². The summed E-state index contributed by atoms with van der Waals surface area (Å²) in [4.78, 5) is 2.35. The molecule has 2 aromatic carbocycles. The fraction of sp³-hybridized carbons (Fsp3) is 0.333. The van der Waals surface area contributed by atoms with E-state index in [1.54, 1.807) is 30.4 Å². The molecule has 3 aromatic rings. The summed E-state index contributed by atoms with van der Waals surface area (Å²) in [7, 11) is 0. The third-order valence-corrected chi connectivity index (χ3v) is 6.74. The molecule has 4 rings (SSSR count). The van der Waals surface area contributed by atoms with Crippen molar-refractivity contribution in [2.24, 2.45) is 0 Å². The Morgan fingerprint density at radius 3 is 2.55 bits per heavy atom. The number of aliphatic hydroxyl groups excluding tert-OH is 2. The topological polar surface area (TPSA) is 49.7 Å². The average Bonchev–Trinajstić information content (AvgIpc) is 3.16. The molecular formula is C24H25FO3S. The summed E-state index contributed by atoms with van der Waals surface area (Å²) >= 11 is 1.71. The SMILES string of the molecule is Cc1ccc(C2CC(O)C(O)C(C)O2)cc1Cc1ccc(-c2ccc(F)cc2)s1. The summed E-state index contributed by atoms with van der Waals surface area (Å²) < 4.78 is 19.1. The maximum Gasteiger partial charge on any atom is 0.123 e. The normalized spacial score (nSPS) is 24.6. The molecule has 0 radical (unpaired) electrons. The third kappa shape index (κ3) is 4.43. The van der Waals surface area contributed by atoms with Gasteiger partial charge in [0, 0.05) is 22.6 Å². The Bertz CT molecular complexity index is 970. The van der Waals surface area contributed by atoms with Crippen LogP contribution in [-0.4, -0.2) is 28.5 Å². The van der Waals surface area contributed by atoms with Crippen molar-refractivity contribution < 1.29 is 19.3 Å². The third-order valence-electron chi connectivity index (χ3n) is 5.61. The van der Waals surface area contributed by atoms with Gasteiger partial charge in [0.2, 0.25) is 0 Å². The fourth-order valence-corrected chi connectivity index (χ4v) is 4.83. The largest absolute Gasteiger partial charge is 0.390 e. The molecule has 1 aliphatic heterocycles. The second-order valence-corrected chi connectivity index (χ2v) is 8.93. The first-order valence-corrected chi connectivity index (χ1v) is 10.7. The molecule has 2 N–H and O–H groups in total. The summed E-state index contributed by atoms with van der Waals surface area (Å²) in [5.74, 6) is -0.227. The molecule has 0 aliphatic carbocycles. The second kappa shape index (κ2) is 8.36. The van der Waals surface area contributed by atoms with Crippen molar-refractivity contribution in [3.63, 3.8) is 0 Å². The lowest BCUT2D eigenvalue weighted by Crippen LogP contribution is -2.43. The number of aliphatic hydroxyl groups is 2. The highest BCUT2D eigenvalue weighted by Gasteiger charge is 2.34. The van der Waals surface area contributed by atoms with Crippen LogP contribution in [0.1, 0.15) is 41.0 Å². The van der Waals surface area contributed by atoms with Crippen LogP contribution in [0.3, 0.4) is 0 Å². The highest BCUT2D eigenvalue weighted by atomic mass is 32.1. The molecule has 1 aromatic heterocycles. The van der Waals surface area contributed by atoms with Crippen molar-refractivity contribution in [1.29, 1.82) is 0 Å². The van der Waals surface area contributed by atoms with Crippen LogP contribution in [-0.2, 0) is 11.2 Å². The molecule has 3 nitrogen and oxygen atoms in total. The number of hydrogen-bond donors (Lipinski definition) is 2. The summed E-state index contributed by atoms with van der Waals surface area (Å²) in [5, 5.41) is 20.0. The number of rotatable bonds is 4. The lowest BCUT2D eigenvalue weighted by Gasteiger charge is -2.36. The maximum absolute atomic E-state index is 13.2. The highest BCUT2D eigenvalue weighted by Crippen LogP contribution is 2.34. The van der Waals surface area contributed by atoms with Gasteiger partial charge in [-0.2, -0.15) is 0 Å². The zero-order valence-corrected chi connectivity index (χ0v) is 17.3. The molecule has 29 heavy (non-hydrogen) atoms. The van der Waals surface area contributed by atoms with Gasteiger partial charge in [0.05, 0.1) is 18.3 Å². The van der Waals surface area contributed by atoms with Crippen LogP contribution in [0.25, 0.3) is 10.4 Å². The van der Waals surface area contributed by atoms with Gasteiger partial charge in [-0.3, -0.25) is 0 Å². The second-order valence-electron chi connectivity index (χ2n) is 7.76. The van der Waals surface area contributed by atoms with Crippen LogP contribution in [0.15, 0.2) is 54.6 Å². The maximum atomic E-state index is 13.2. The molecular weight excluding hydrogens is 387 g/mol. The summed E-state index contributed by atoms with van der Waals surface area (Å²) in [6.45, 7) is 3.88. The minimum atomic E-state index is -0.841. The van der Waals surface area contributed by atoms with Crippen molar-refractivity contribution in [1.82, 2.24) is 0 Å². The van der Waals surface area contributed by atoms with Crippen LogP contribution in [0.5, 0.6) is 0 Å². The van der Waals surface area contributed by atoms with Gasteiger partial charge in [-0.05, 0) is 60.4 Å². The Morgan fingerprint density at radius 1 is 1.07 bits per heavy atom. The minimum absolute atomic E-state index is 0.221. The first-order chi connectivity index (χ1) is 13.9. The number of hydrogen-bond acceptors (Lipinski definition) is 4. The van der Waals surface area contributed by atoms with E-state index in [-0.39, 0.29) is 11.9 Å². The monoisotopic (exact) mass is 412 g/mol. The molecule has 0 bridgehead atoms. The minimum Gasteiger partial charge on any atom is -0.390 e. The van der Waals surface area contributed by atoms with Gasteiger partial charge in [-0.15, -0.1) is 11.3 Å². The number of halogens is 1. The summed E-state index contributed by atoms with van der Waals surface area (Å²) in [5.41, 5.74) is 4.46. The Morgan fingerprint density at radius 2 is 1.83 bits per heavy atom. The Kier molecular flexibility index (Phi) is 5.83. The summed E-state index contributed by atoms with van der Waals surface area (Å²) in [6.07, 6.45) is -1.04. The van der Waals surface area contributed by atoms with E-state index in [9.17, 15) is 14.6 Å². The standard InChI is InChI=1S/C24H25FO3S/c1-14-3-4-17(22-13-21(26)24(27)15(2)28-22)11-18(14)12-20-9-10-23(29-20)16-5-7-19(25)8-6-16/h3-11,15,21-22,24,26-27H,12-13H2,1-2H3. The lowest BCUT2D eigenvalue weighted by molar-refractivity contribution is -0.163. The Balaban J connectivity index is 1.54. The van der Waals surface area contributed by atoms with Gasteiger partial charge >= 0.3 is 0 Å². The number of thiophene rings is 1. The number of ether oxygens (including phenoxy) is 1. The Labute approximate surface area is 174 Å². The molecule has 1 saturated heterocycles. The van der Waals surface area contributed by atoms with Crippen LogP contribution >= 0.6 is 11.3 Å². The number of aryl methyl sites for hydroxylation is 1. The smallest absolute Gasteiger partial charge is 0.123 e. The molecule has 0 amide bonds. The molecule has 0 saturated carbocycles. The number of benzene rings is 2. The molecule has 1 fully saturated rings. The van der Waals surface area contributed by atoms with Crippen LogP contribution in [0, 0.1) is 12.7 Å². The van der Waals surface area contributed by atoms with E-state index in [0.29, 0.717) is 6.42 Å². The molecule has 5 heteroatoms. The van der Waals surface area contributed by atoms with Crippen molar-refractivity contribution in [2.75, 3.05) is 0 Å². The van der Waals surface area contributed by atoms with E-state index in [0.717, 1.165) is 22.4 Å². The molecule has 4 atom stereocenters. The van der Waals surface area contributed by atoms with Crippen LogP contribution in [0.4, 0.5) is 4.39 Å². The average molecular weight is 413 g/mol. The van der Waals surface area contributed by atoms with E-state index in [1.165, 1.54) is 28.1 Å². The van der Waals surface area contributed by atoms with Crippen molar-refractivity contribution >= 4 is 11.3 Å². The Hall–Kier alpha value is -2.05. The molecule has 0 spiro atoms.